The van der Waals surface area contributed by atoms with Crippen LogP contribution in [0.25, 0.3) is 0 Å². The molecule has 1 aliphatic rings. The van der Waals surface area contributed by atoms with Gasteiger partial charge >= 0.3 is 0 Å². The molecule has 0 aromatic carbocycles. The molecule has 1 saturated heterocycles. The van der Waals surface area contributed by atoms with E-state index >= 15 is 0 Å². The molecule has 3 nitrogen and oxygen atoms in total. The van der Waals surface area contributed by atoms with Crippen LogP contribution in [0.2, 0.25) is 0 Å². The lowest BCUT2D eigenvalue weighted by Crippen LogP contribution is -2.35. The monoisotopic (exact) mass is 228 g/mol. The molecule has 1 atom stereocenters. The van der Waals surface area contributed by atoms with Gasteiger partial charge in [-0.2, -0.15) is 0 Å². The van der Waals surface area contributed by atoms with Gasteiger partial charge in [-0.15, -0.1) is 0 Å². The van der Waals surface area contributed by atoms with Crippen molar-refractivity contribution in [2.24, 2.45) is 0 Å². The van der Waals surface area contributed by atoms with E-state index in [4.69, 9.17) is 4.74 Å². The molecule has 0 spiro atoms. The van der Waals surface area contributed by atoms with Gasteiger partial charge in [-0.3, -0.25) is 0 Å². The molecule has 1 aliphatic heterocycles. The third-order valence-electron chi connectivity index (χ3n) is 3.37. The fourth-order valence-electron chi connectivity index (χ4n) is 2.19. The summed E-state index contributed by atoms with van der Waals surface area (Å²) in [5.74, 6) is 0. The van der Waals surface area contributed by atoms with E-state index in [1.54, 1.807) is 0 Å². The Balaban J connectivity index is 2.00. The molecular weight excluding hydrogens is 200 g/mol. The van der Waals surface area contributed by atoms with Gasteiger partial charge in [0.1, 0.15) is 0 Å². The van der Waals surface area contributed by atoms with Crippen LogP contribution in [0.4, 0.5) is 0 Å². The first-order valence-electron chi connectivity index (χ1n) is 6.75. The summed E-state index contributed by atoms with van der Waals surface area (Å²) < 4.78 is 5.83. The summed E-state index contributed by atoms with van der Waals surface area (Å²) in [5.41, 5.74) is 0. The van der Waals surface area contributed by atoms with Gasteiger partial charge in [-0.1, -0.05) is 13.3 Å². The number of ether oxygens (including phenoxy) is 1. The Kier molecular flexibility index (Phi) is 7.01. The van der Waals surface area contributed by atoms with E-state index in [1.807, 2.05) is 0 Å². The van der Waals surface area contributed by atoms with Gasteiger partial charge in [0.2, 0.25) is 0 Å². The van der Waals surface area contributed by atoms with Crippen LogP contribution < -0.4 is 0 Å². The lowest BCUT2D eigenvalue weighted by Gasteiger charge is -2.27. The SMILES string of the molecule is CCN(C)CC(C)OCCN1CCCCC1. The van der Waals surface area contributed by atoms with Gasteiger partial charge in [-0.25, -0.2) is 0 Å². The molecule has 0 radical (unpaired) electrons. The molecule has 0 amide bonds. The van der Waals surface area contributed by atoms with E-state index in [-0.39, 0.29) is 0 Å². The molecule has 0 aromatic heterocycles. The first kappa shape index (κ1) is 13.9. The number of likely N-dealkylation sites (N-methyl/N-ethyl adjacent to an activating group) is 1. The zero-order valence-corrected chi connectivity index (χ0v) is 11.2. The fraction of sp³-hybridized carbons (Fsp3) is 1.00. The van der Waals surface area contributed by atoms with E-state index in [9.17, 15) is 0 Å². The van der Waals surface area contributed by atoms with Gasteiger partial charge in [0.05, 0.1) is 12.7 Å². The smallest absolute Gasteiger partial charge is 0.0674 e. The van der Waals surface area contributed by atoms with Crippen molar-refractivity contribution >= 4 is 0 Å². The Bertz CT molecular complexity index is 169. The zero-order valence-electron chi connectivity index (χ0n) is 11.2. The van der Waals surface area contributed by atoms with Crippen LogP contribution in [0.15, 0.2) is 0 Å². The number of piperidine rings is 1. The van der Waals surface area contributed by atoms with Crippen molar-refractivity contribution in [3.63, 3.8) is 0 Å². The Hall–Kier alpha value is -0.120. The highest BCUT2D eigenvalue weighted by Crippen LogP contribution is 2.08. The maximum Gasteiger partial charge on any atom is 0.0674 e. The predicted octanol–water partition coefficient (Wildman–Crippen LogP) is 1.83. The van der Waals surface area contributed by atoms with E-state index in [0.717, 1.165) is 26.2 Å². The molecule has 3 heteroatoms. The molecule has 1 fully saturated rings. The molecule has 0 bridgehead atoms. The summed E-state index contributed by atoms with van der Waals surface area (Å²) in [4.78, 5) is 4.82. The van der Waals surface area contributed by atoms with Crippen LogP contribution >= 0.6 is 0 Å². The van der Waals surface area contributed by atoms with E-state index in [1.165, 1.54) is 32.4 Å². The van der Waals surface area contributed by atoms with Crippen LogP contribution in [0.3, 0.4) is 0 Å². The summed E-state index contributed by atoms with van der Waals surface area (Å²) in [6.45, 7) is 11.0. The molecule has 0 aliphatic carbocycles. The fourth-order valence-corrected chi connectivity index (χ4v) is 2.19. The lowest BCUT2D eigenvalue weighted by molar-refractivity contribution is 0.0282. The number of hydrogen-bond acceptors (Lipinski definition) is 3. The predicted molar refractivity (Wildman–Crippen MR) is 68.9 cm³/mol. The lowest BCUT2D eigenvalue weighted by atomic mass is 10.1. The Morgan fingerprint density at radius 3 is 2.56 bits per heavy atom. The highest BCUT2D eigenvalue weighted by atomic mass is 16.5. The number of nitrogens with zero attached hydrogens (tertiary/aromatic N) is 2. The molecule has 1 unspecified atom stereocenters. The molecular formula is C13H28N2O. The topological polar surface area (TPSA) is 15.7 Å². The summed E-state index contributed by atoms with van der Waals surface area (Å²) >= 11 is 0. The van der Waals surface area contributed by atoms with Crippen molar-refractivity contribution < 1.29 is 4.74 Å². The first-order valence-corrected chi connectivity index (χ1v) is 6.75. The highest BCUT2D eigenvalue weighted by molar-refractivity contribution is 4.64. The maximum atomic E-state index is 5.83. The van der Waals surface area contributed by atoms with Gasteiger partial charge in [0.25, 0.3) is 0 Å². The Morgan fingerprint density at radius 1 is 1.25 bits per heavy atom. The van der Waals surface area contributed by atoms with Gasteiger partial charge < -0.3 is 14.5 Å². The minimum atomic E-state index is 0.356. The second kappa shape index (κ2) is 8.04. The van der Waals surface area contributed by atoms with E-state index in [0.29, 0.717) is 6.10 Å². The van der Waals surface area contributed by atoms with Crippen molar-refractivity contribution in [2.75, 3.05) is 46.4 Å². The van der Waals surface area contributed by atoms with Crippen molar-refractivity contribution in [2.45, 2.75) is 39.2 Å². The number of hydrogen-bond donors (Lipinski definition) is 0. The second-order valence-corrected chi connectivity index (χ2v) is 4.94. The summed E-state index contributed by atoms with van der Waals surface area (Å²) in [7, 11) is 2.14. The quantitative estimate of drug-likeness (QED) is 0.661. The largest absolute Gasteiger partial charge is 0.376 e. The Morgan fingerprint density at radius 2 is 1.94 bits per heavy atom. The van der Waals surface area contributed by atoms with E-state index in [2.05, 4.69) is 30.7 Å². The maximum absolute atomic E-state index is 5.83. The molecule has 16 heavy (non-hydrogen) atoms. The minimum Gasteiger partial charge on any atom is -0.376 e. The standard InChI is InChI=1S/C13H28N2O/c1-4-14(3)12-13(2)16-11-10-15-8-6-5-7-9-15/h13H,4-12H2,1-3H3. The van der Waals surface area contributed by atoms with E-state index < -0.39 is 0 Å². The van der Waals surface area contributed by atoms with Crippen molar-refractivity contribution in [3.05, 3.63) is 0 Å². The van der Waals surface area contributed by atoms with Crippen LogP contribution in [-0.2, 0) is 4.74 Å². The molecule has 1 heterocycles. The van der Waals surface area contributed by atoms with Gasteiger partial charge in [-0.05, 0) is 46.4 Å². The second-order valence-electron chi connectivity index (χ2n) is 4.94. The van der Waals surface area contributed by atoms with Gasteiger partial charge in [0.15, 0.2) is 0 Å². The van der Waals surface area contributed by atoms with Crippen LogP contribution in [0, 0.1) is 0 Å². The molecule has 0 saturated carbocycles. The van der Waals surface area contributed by atoms with Gasteiger partial charge in [0, 0.05) is 13.1 Å². The number of likely N-dealkylation sites (tertiary alicyclic amines) is 1. The third kappa shape index (κ3) is 5.83. The number of rotatable bonds is 7. The molecule has 1 rings (SSSR count). The summed E-state index contributed by atoms with van der Waals surface area (Å²) in [6, 6.07) is 0. The normalized spacial score (nSPS) is 20.2. The molecule has 0 aromatic rings. The Labute approximate surface area is 101 Å². The minimum absolute atomic E-state index is 0.356. The van der Waals surface area contributed by atoms with Crippen molar-refractivity contribution in [1.29, 1.82) is 0 Å². The highest BCUT2D eigenvalue weighted by Gasteiger charge is 2.10. The van der Waals surface area contributed by atoms with Crippen molar-refractivity contribution in [1.82, 2.24) is 9.80 Å². The first-order chi connectivity index (χ1) is 7.72. The van der Waals surface area contributed by atoms with Crippen molar-refractivity contribution in [3.8, 4) is 0 Å². The van der Waals surface area contributed by atoms with Crippen LogP contribution in [0.5, 0.6) is 0 Å². The molecule has 96 valence electrons. The summed E-state index contributed by atoms with van der Waals surface area (Å²) in [6.07, 6.45) is 4.51. The molecule has 0 N–H and O–H groups in total. The van der Waals surface area contributed by atoms with Crippen LogP contribution in [0.1, 0.15) is 33.1 Å². The third-order valence-corrected chi connectivity index (χ3v) is 3.37. The average Bonchev–Trinajstić information content (AvgIpc) is 2.30. The zero-order chi connectivity index (χ0) is 11.8. The average molecular weight is 228 g/mol. The summed E-state index contributed by atoms with van der Waals surface area (Å²) in [5, 5.41) is 0. The van der Waals surface area contributed by atoms with Crippen LogP contribution in [-0.4, -0.2) is 62.3 Å².